The minimum absolute atomic E-state index is 0.275. The normalized spacial score (nSPS) is 10.5. The lowest BCUT2D eigenvalue weighted by molar-refractivity contribution is -0.00245. The molecule has 0 rings (SSSR count). The Morgan fingerprint density at radius 2 is 1.85 bits per heavy atom. The van der Waals surface area contributed by atoms with Crippen molar-refractivity contribution in [2.75, 3.05) is 6.61 Å². The number of carbonyl (C=O) groups excluding carboxylic acids is 1. The predicted octanol–water partition coefficient (Wildman–Crippen LogP) is 2.90. The molecular formula is C10H18O3. The molecule has 0 atom stereocenters. The Balaban J connectivity index is 3.71. The van der Waals surface area contributed by atoms with Gasteiger partial charge in [0.15, 0.2) is 0 Å². The second kappa shape index (κ2) is 4.90. The van der Waals surface area contributed by atoms with E-state index in [2.05, 4.69) is 0 Å². The fraction of sp³-hybridized carbons (Fsp3) is 0.700. The van der Waals surface area contributed by atoms with Crippen molar-refractivity contribution in [3.63, 3.8) is 0 Å². The van der Waals surface area contributed by atoms with Crippen LogP contribution in [0.3, 0.4) is 0 Å². The average Bonchev–Trinajstić information content (AvgIpc) is 1.81. The van der Waals surface area contributed by atoms with Crippen molar-refractivity contribution in [1.29, 1.82) is 0 Å². The molecule has 0 aliphatic carbocycles. The summed E-state index contributed by atoms with van der Waals surface area (Å²) >= 11 is 0. The summed E-state index contributed by atoms with van der Waals surface area (Å²) in [7, 11) is 0. The minimum atomic E-state index is -0.620. The summed E-state index contributed by atoms with van der Waals surface area (Å²) in [5.41, 5.74) is 0.630. The summed E-state index contributed by atoms with van der Waals surface area (Å²) in [5.74, 6) is 0. The molecule has 3 nitrogen and oxygen atoms in total. The van der Waals surface area contributed by atoms with Gasteiger partial charge in [-0.3, -0.25) is 0 Å². The molecule has 0 unspecified atom stereocenters. The van der Waals surface area contributed by atoms with Crippen molar-refractivity contribution >= 4 is 6.16 Å². The summed E-state index contributed by atoms with van der Waals surface area (Å²) in [6.07, 6.45) is 1.20. The van der Waals surface area contributed by atoms with Gasteiger partial charge in [0.2, 0.25) is 0 Å². The summed E-state index contributed by atoms with van der Waals surface area (Å²) in [4.78, 5) is 11.0. The first kappa shape index (κ1) is 12.0. The van der Waals surface area contributed by atoms with Gasteiger partial charge in [-0.25, -0.2) is 4.79 Å². The first-order valence-electron chi connectivity index (χ1n) is 4.30. The fourth-order valence-corrected chi connectivity index (χ4v) is 0.556. The number of ether oxygens (including phenoxy) is 2. The smallest absolute Gasteiger partial charge is 0.430 e. The van der Waals surface area contributed by atoms with Crippen LogP contribution in [0, 0.1) is 0 Å². The molecule has 0 saturated heterocycles. The molecule has 0 aromatic rings. The van der Waals surface area contributed by atoms with Crippen molar-refractivity contribution in [3.05, 3.63) is 11.6 Å². The zero-order valence-corrected chi connectivity index (χ0v) is 9.01. The van der Waals surface area contributed by atoms with E-state index in [1.807, 2.05) is 19.9 Å². The van der Waals surface area contributed by atoms with E-state index in [1.54, 1.807) is 20.8 Å². The molecule has 0 aromatic heterocycles. The molecule has 0 aliphatic heterocycles. The van der Waals surface area contributed by atoms with Crippen molar-refractivity contribution in [1.82, 2.24) is 0 Å². The largest absolute Gasteiger partial charge is 0.509 e. The number of allylic oxidation sites excluding steroid dienone is 1. The first-order chi connectivity index (χ1) is 5.81. The Morgan fingerprint density at radius 3 is 2.23 bits per heavy atom. The zero-order chi connectivity index (χ0) is 10.5. The lowest BCUT2D eigenvalue weighted by Gasteiger charge is -2.18. The molecular weight excluding hydrogens is 168 g/mol. The quantitative estimate of drug-likeness (QED) is 0.491. The van der Waals surface area contributed by atoms with Crippen molar-refractivity contribution in [3.8, 4) is 0 Å². The Kier molecular flexibility index (Phi) is 4.52. The van der Waals surface area contributed by atoms with Crippen LogP contribution in [0.25, 0.3) is 0 Å². The molecule has 0 N–H and O–H groups in total. The first-order valence-corrected chi connectivity index (χ1v) is 4.30. The molecule has 0 aliphatic rings. The van der Waals surface area contributed by atoms with E-state index in [4.69, 9.17) is 9.47 Å². The van der Waals surface area contributed by atoms with Gasteiger partial charge < -0.3 is 9.47 Å². The third-order valence-electron chi connectivity index (χ3n) is 1.08. The summed E-state index contributed by atoms with van der Waals surface area (Å²) in [5, 5.41) is 0. The topological polar surface area (TPSA) is 35.5 Å². The lowest BCUT2D eigenvalue weighted by Crippen LogP contribution is -2.24. The van der Waals surface area contributed by atoms with Gasteiger partial charge in [-0.15, -0.1) is 0 Å². The lowest BCUT2D eigenvalue weighted by atomic mass is 10.2. The van der Waals surface area contributed by atoms with E-state index in [9.17, 15) is 4.79 Å². The van der Waals surface area contributed by atoms with Crippen LogP contribution in [0.4, 0.5) is 4.79 Å². The van der Waals surface area contributed by atoms with Crippen LogP contribution >= 0.6 is 0 Å². The highest BCUT2D eigenvalue weighted by Gasteiger charge is 2.16. The molecule has 0 bridgehead atoms. The van der Waals surface area contributed by atoms with Gasteiger partial charge in [0, 0.05) is 0 Å². The highest BCUT2D eigenvalue weighted by Crippen LogP contribution is 2.07. The zero-order valence-electron chi connectivity index (χ0n) is 9.01. The van der Waals surface area contributed by atoms with Gasteiger partial charge in [-0.2, -0.15) is 0 Å². The summed E-state index contributed by atoms with van der Waals surface area (Å²) in [6, 6.07) is 0. The van der Waals surface area contributed by atoms with Gasteiger partial charge in [-0.05, 0) is 40.7 Å². The number of hydrogen-bond donors (Lipinski definition) is 0. The Morgan fingerprint density at radius 1 is 1.31 bits per heavy atom. The SMILES string of the molecule is CC(C)=CCOC(=O)OC(C)(C)C. The van der Waals surface area contributed by atoms with Gasteiger partial charge in [0.1, 0.15) is 12.2 Å². The van der Waals surface area contributed by atoms with E-state index in [0.29, 0.717) is 0 Å². The van der Waals surface area contributed by atoms with Crippen molar-refractivity contribution in [2.24, 2.45) is 0 Å². The second-order valence-electron chi connectivity index (χ2n) is 4.06. The molecule has 0 amide bonds. The van der Waals surface area contributed by atoms with E-state index in [0.717, 1.165) is 5.57 Å². The van der Waals surface area contributed by atoms with Crippen LogP contribution in [0.2, 0.25) is 0 Å². The van der Waals surface area contributed by atoms with Crippen molar-refractivity contribution in [2.45, 2.75) is 40.2 Å². The van der Waals surface area contributed by atoms with Crippen LogP contribution in [0.15, 0.2) is 11.6 Å². The van der Waals surface area contributed by atoms with Crippen LogP contribution in [-0.2, 0) is 9.47 Å². The van der Waals surface area contributed by atoms with Crippen LogP contribution in [-0.4, -0.2) is 18.4 Å². The highest BCUT2D eigenvalue weighted by atomic mass is 16.7. The molecule has 0 heterocycles. The fourth-order valence-electron chi connectivity index (χ4n) is 0.556. The molecule has 0 saturated carbocycles. The van der Waals surface area contributed by atoms with E-state index in [1.165, 1.54) is 0 Å². The number of hydrogen-bond acceptors (Lipinski definition) is 3. The Hall–Kier alpha value is -0.990. The van der Waals surface area contributed by atoms with Crippen LogP contribution in [0.1, 0.15) is 34.6 Å². The molecule has 3 heteroatoms. The highest BCUT2D eigenvalue weighted by molar-refractivity contribution is 5.60. The maximum Gasteiger partial charge on any atom is 0.509 e. The van der Waals surface area contributed by atoms with E-state index < -0.39 is 11.8 Å². The predicted molar refractivity (Wildman–Crippen MR) is 51.6 cm³/mol. The molecule has 0 spiro atoms. The standard InChI is InChI=1S/C10H18O3/c1-8(2)6-7-12-9(11)13-10(3,4)5/h6H,7H2,1-5H3. The number of rotatable bonds is 2. The maximum atomic E-state index is 11.0. The average molecular weight is 186 g/mol. The third-order valence-corrected chi connectivity index (χ3v) is 1.08. The van der Waals surface area contributed by atoms with Crippen LogP contribution in [0.5, 0.6) is 0 Å². The molecule has 0 fully saturated rings. The third kappa shape index (κ3) is 8.92. The molecule has 0 aromatic carbocycles. The Bertz CT molecular complexity index is 195. The van der Waals surface area contributed by atoms with Gasteiger partial charge >= 0.3 is 6.16 Å². The Labute approximate surface area is 79.7 Å². The van der Waals surface area contributed by atoms with Gasteiger partial charge in [-0.1, -0.05) is 5.57 Å². The molecule has 13 heavy (non-hydrogen) atoms. The summed E-state index contributed by atoms with van der Waals surface area (Å²) < 4.78 is 9.72. The van der Waals surface area contributed by atoms with Gasteiger partial charge in [0.25, 0.3) is 0 Å². The maximum absolute atomic E-state index is 11.0. The van der Waals surface area contributed by atoms with Crippen molar-refractivity contribution < 1.29 is 14.3 Å². The second-order valence-corrected chi connectivity index (χ2v) is 4.06. The minimum Gasteiger partial charge on any atom is -0.430 e. The van der Waals surface area contributed by atoms with E-state index >= 15 is 0 Å². The number of carbonyl (C=O) groups is 1. The van der Waals surface area contributed by atoms with E-state index in [-0.39, 0.29) is 6.61 Å². The molecule has 76 valence electrons. The van der Waals surface area contributed by atoms with Crippen LogP contribution < -0.4 is 0 Å². The monoisotopic (exact) mass is 186 g/mol. The summed E-state index contributed by atoms with van der Waals surface area (Å²) in [6.45, 7) is 9.56. The molecule has 0 radical (unpaired) electrons. The van der Waals surface area contributed by atoms with Gasteiger partial charge in [0.05, 0.1) is 0 Å².